The van der Waals surface area contributed by atoms with Crippen molar-refractivity contribution in [3.63, 3.8) is 0 Å². The Morgan fingerprint density at radius 3 is 2.64 bits per heavy atom. The minimum Gasteiger partial charge on any atom is -0.508 e. The average molecular weight is 300 g/mol. The normalized spacial score (nSPS) is 10.2. The Kier molecular flexibility index (Phi) is 5.83. The minimum absolute atomic E-state index is 0.0807. The summed E-state index contributed by atoms with van der Waals surface area (Å²) in [5, 5.41) is 9.19. The first-order valence-corrected chi connectivity index (χ1v) is 7.26. The van der Waals surface area contributed by atoms with Crippen LogP contribution >= 0.6 is 0 Å². The lowest BCUT2D eigenvalue weighted by Crippen LogP contribution is -2.15. The van der Waals surface area contributed by atoms with Gasteiger partial charge in [-0.25, -0.2) is 4.79 Å². The van der Waals surface area contributed by atoms with E-state index in [1.54, 1.807) is 12.1 Å². The highest BCUT2D eigenvalue weighted by Gasteiger charge is 2.04. The number of hydrogen-bond acceptors (Lipinski definition) is 4. The third-order valence-corrected chi connectivity index (χ3v) is 3.16. The van der Waals surface area contributed by atoms with Crippen LogP contribution in [-0.2, 0) is 16.0 Å². The van der Waals surface area contributed by atoms with E-state index in [1.807, 2.05) is 43.3 Å². The number of phenols is 1. The summed E-state index contributed by atoms with van der Waals surface area (Å²) in [4.78, 5) is 11.6. The smallest absolute Gasteiger partial charge is 0.344 e. The van der Waals surface area contributed by atoms with Gasteiger partial charge in [0.05, 0.1) is 6.61 Å². The lowest BCUT2D eigenvalue weighted by atomic mass is 10.1. The second kappa shape index (κ2) is 8.08. The fraction of sp³-hybridized carbons (Fsp3) is 0.278. The van der Waals surface area contributed by atoms with Crippen LogP contribution in [0, 0.1) is 6.92 Å². The molecule has 0 aliphatic carbocycles. The number of rotatable bonds is 7. The van der Waals surface area contributed by atoms with Crippen LogP contribution in [0.4, 0.5) is 0 Å². The van der Waals surface area contributed by atoms with Crippen LogP contribution in [-0.4, -0.2) is 24.3 Å². The van der Waals surface area contributed by atoms with Crippen LogP contribution in [0.1, 0.15) is 17.5 Å². The Bertz CT molecular complexity index is 605. The van der Waals surface area contributed by atoms with Crippen LogP contribution in [0.15, 0.2) is 48.5 Å². The Labute approximate surface area is 130 Å². The summed E-state index contributed by atoms with van der Waals surface area (Å²) in [5.74, 6) is 0.553. The van der Waals surface area contributed by atoms with Crippen molar-refractivity contribution in [3.8, 4) is 11.5 Å². The molecule has 1 N–H and O–H groups in total. The van der Waals surface area contributed by atoms with Crippen molar-refractivity contribution in [1.82, 2.24) is 0 Å². The monoisotopic (exact) mass is 300 g/mol. The van der Waals surface area contributed by atoms with Gasteiger partial charge < -0.3 is 14.6 Å². The molecule has 0 atom stereocenters. The molecule has 2 rings (SSSR count). The fourth-order valence-corrected chi connectivity index (χ4v) is 2.01. The number of aryl methyl sites for hydroxylation is 2. The highest BCUT2D eigenvalue weighted by molar-refractivity contribution is 5.71. The van der Waals surface area contributed by atoms with Gasteiger partial charge >= 0.3 is 5.97 Å². The van der Waals surface area contributed by atoms with E-state index in [0.29, 0.717) is 12.4 Å². The van der Waals surface area contributed by atoms with Crippen LogP contribution in [0.25, 0.3) is 0 Å². The summed E-state index contributed by atoms with van der Waals surface area (Å²) >= 11 is 0. The highest BCUT2D eigenvalue weighted by atomic mass is 16.6. The number of phenolic OH excluding ortho intramolecular Hbond substituents is 1. The van der Waals surface area contributed by atoms with E-state index in [9.17, 15) is 9.90 Å². The molecule has 0 fully saturated rings. The second-order valence-corrected chi connectivity index (χ2v) is 5.10. The molecule has 2 aromatic carbocycles. The predicted octanol–water partition coefficient (Wildman–Crippen LogP) is 3.26. The molecule has 0 amide bonds. The maximum Gasteiger partial charge on any atom is 0.344 e. The molecular formula is C18H20O4. The lowest BCUT2D eigenvalue weighted by molar-refractivity contribution is -0.146. The van der Waals surface area contributed by atoms with E-state index in [1.165, 1.54) is 0 Å². The fourth-order valence-electron chi connectivity index (χ4n) is 2.01. The molecule has 4 nitrogen and oxygen atoms in total. The van der Waals surface area contributed by atoms with Crippen molar-refractivity contribution in [2.75, 3.05) is 13.2 Å². The van der Waals surface area contributed by atoms with Crippen LogP contribution in [0.3, 0.4) is 0 Å². The van der Waals surface area contributed by atoms with E-state index < -0.39 is 0 Å². The maximum atomic E-state index is 11.6. The van der Waals surface area contributed by atoms with Crippen LogP contribution in [0.5, 0.6) is 11.5 Å². The first kappa shape index (κ1) is 15.9. The van der Waals surface area contributed by atoms with Crippen molar-refractivity contribution in [2.24, 2.45) is 0 Å². The zero-order chi connectivity index (χ0) is 15.8. The number of esters is 1. The van der Waals surface area contributed by atoms with Crippen LogP contribution in [0.2, 0.25) is 0 Å². The highest BCUT2D eigenvalue weighted by Crippen LogP contribution is 2.13. The SMILES string of the molecule is Cc1cccc(OCC(=O)OCCCc2ccc(O)cc2)c1. The Morgan fingerprint density at radius 1 is 1.14 bits per heavy atom. The Morgan fingerprint density at radius 2 is 1.91 bits per heavy atom. The van der Waals surface area contributed by atoms with Gasteiger partial charge in [0.2, 0.25) is 0 Å². The molecule has 0 aliphatic rings. The van der Waals surface area contributed by atoms with Crippen molar-refractivity contribution in [3.05, 3.63) is 59.7 Å². The minimum atomic E-state index is -0.368. The summed E-state index contributed by atoms with van der Waals surface area (Å²) in [6, 6.07) is 14.6. The van der Waals surface area contributed by atoms with Gasteiger partial charge in [0.15, 0.2) is 6.61 Å². The van der Waals surface area contributed by atoms with Gasteiger partial charge in [-0.1, -0.05) is 24.3 Å². The van der Waals surface area contributed by atoms with Crippen LogP contribution < -0.4 is 4.74 Å². The van der Waals surface area contributed by atoms with E-state index in [2.05, 4.69) is 0 Å². The zero-order valence-corrected chi connectivity index (χ0v) is 12.6. The number of carbonyl (C=O) groups is 1. The lowest BCUT2D eigenvalue weighted by Gasteiger charge is -2.07. The molecule has 2 aromatic rings. The van der Waals surface area contributed by atoms with Gasteiger partial charge in [0.1, 0.15) is 11.5 Å². The predicted molar refractivity (Wildman–Crippen MR) is 84.1 cm³/mol. The maximum absolute atomic E-state index is 11.6. The standard InChI is InChI=1S/C18H20O4/c1-14-4-2-6-17(12-14)22-13-18(20)21-11-3-5-15-7-9-16(19)10-8-15/h2,4,6-10,12,19H,3,5,11,13H2,1H3. The van der Waals surface area contributed by atoms with Crippen molar-refractivity contribution >= 4 is 5.97 Å². The average Bonchev–Trinajstić information content (AvgIpc) is 2.51. The van der Waals surface area contributed by atoms with E-state index >= 15 is 0 Å². The van der Waals surface area contributed by atoms with E-state index in [0.717, 1.165) is 24.0 Å². The molecule has 22 heavy (non-hydrogen) atoms. The Hall–Kier alpha value is -2.49. The summed E-state index contributed by atoms with van der Waals surface area (Å²) in [7, 11) is 0. The third-order valence-electron chi connectivity index (χ3n) is 3.16. The first-order valence-electron chi connectivity index (χ1n) is 7.26. The number of ether oxygens (including phenoxy) is 2. The van der Waals surface area contributed by atoms with E-state index in [-0.39, 0.29) is 18.3 Å². The Balaban J connectivity index is 1.62. The van der Waals surface area contributed by atoms with Crippen molar-refractivity contribution in [2.45, 2.75) is 19.8 Å². The molecule has 4 heteroatoms. The molecule has 0 saturated carbocycles. The topological polar surface area (TPSA) is 55.8 Å². The van der Waals surface area contributed by atoms with Gasteiger partial charge in [-0.3, -0.25) is 0 Å². The number of benzene rings is 2. The largest absolute Gasteiger partial charge is 0.508 e. The molecule has 116 valence electrons. The summed E-state index contributed by atoms with van der Waals surface area (Å²) in [5.41, 5.74) is 2.18. The van der Waals surface area contributed by atoms with Crippen molar-refractivity contribution < 1.29 is 19.4 Å². The second-order valence-electron chi connectivity index (χ2n) is 5.10. The first-order chi connectivity index (χ1) is 10.6. The third kappa shape index (κ3) is 5.48. The van der Waals surface area contributed by atoms with Gasteiger partial charge in [0.25, 0.3) is 0 Å². The molecular weight excluding hydrogens is 280 g/mol. The van der Waals surface area contributed by atoms with Gasteiger partial charge in [0, 0.05) is 0 Å². The summed E-state index contributed by atoms with van der Waals surface area (Å²) in [6.45, 7) is 2.24. The molecule has 0 aliphatic heterocycles. The quantitative estimate of drug-likeness (QED) is 0.630. The molecule has 0 saturated heterocycles. The van der Waals surface area contributed by atoms with E-state index in [4.69, 9.17) is 9.47 Å². The van der Waals surface area contributed by atoms with Crippen molar-refractivity contribution in [1.29, 1.82) is 0 Å². The molecule has 0 bridgehead atoms. The zero-order valence-electron chi connectivity index (χ0n) is 12.6. The molecule has 0 heterocycles. The molecule has 0 unspecified atom stereocenters. The van der Waals surface area contributed by atoms with Gasteiger partial charge in [-0.2, -0.15) is 0 Å². The molecule has 0 radical (unpaired) electrons. The molecule has 0 spiro atoms. The number of aromatic hydroxyl groups is 1. The summed E-state index contributed by atoms with van der Waals surface area (Å²) in [6.07, 6.45) is 1.53. The van der Waals surface area contributed by atoms with Gasteiger partial charge in [-0.15, -0.1) is 0 Å². The number of hydrogen-bond donors (Lipinski definition) is 1. The van der Waals surface area contributed by atoms with Gasteiger partial charge in [-0.05, 0) is 55.2 Å². The number of carbonyl (C=O) groups excluding carboxylic acids is 1. The summed E-state index contributed by atoms with van der Waals surface area (Å²) < 4.78 is 10.5. The molecule has 0 aromatic heterocycles.